The quantitative estimate of drug-likeness (QED) is 0.564. The van der Waals surface area contributed by atoms with Gasteiger partial charge in [-0.1, -0.05) is 24.3 Å². The number of esters is 1. The van der Waals surface area contributed by atoms with Crippen LogP contribution in [-0.4, -0.2) is 38.7 Å². The summed E-state index contributed by atoms with van der Waals surface area (Å²) in [7, 11) is 1.57. The summed E-state index contributed by atoms with van der Waals surface area (Å²) < 4.78 is 15.9. The monoisotopic (exact) mass is 355 g/mol. The van der Waals surface area contributed by atoms with E-state index in [9.17, 15) is 9.59 Å². The Hall–Kier alpha value is -3.02. The SMILES string of the molecule is COc1cccc(N2CC(C(=O)OCCOc3ccccc3)CC2=O)c1. The van der Waals surface area contributed by atoms with E-state index in [0.29, 0.717) is 12.3 Å². The number of carbonyl (C=O) groups is 2. The molecular formula is C20H21NO5. The van der Waals surface area contributed by atoms with Crippen LogP contribution in [0, 0.1) is 5.92 Å². The van der Waals surface area contributed by atoms with Crippen LogP contribution in [-0.2, 0) is 14.3 Å². The van der Waals surface area contributed by atoms with Crippen LogP contribution in [0.25, 0.3) is 0 Å². The Morgan fingerprint density at radius 1 is 1.08 bits per heavy atom. The van der Waals surface area contributed by atoms with Gasteiger partial charge in [-0.2, -0.15) is 0 Å². The summed E-state index contributed by atoms with van der Waals surface area (Å²) in [6.07, 6.45) is 0.148. The van der Waals surface area contributed by atoms with Gasteiger partial charge in [0.15, 0.2) is 0 Å². The van der Waals surface area contributed by atoms with Crippen LogP contribution in [0.3, 0.4) is 0 Å². The first-order chi connectivity index (χ1) is 12.7. The first kappa shape index (κ1) is 17.8. The molecule has 1 atom stereocenters. The van der Waals surface area contributed by atoms with E-state index in [0.717, 1.165) is 11.4 Å². The molecule has 0 N–H and O–H groups in total. The highest BCUT2D eigenvalue weighted by Crippen LogP contribution is 2.28. The van der Waals surface area contributed by atoms with Gasteiger partial charge in [0.05, 0.1) is 13.0 Å². The van der Waals surface area contributed by atoms with Gasteiger partial charge in [-0.15, -0.1) is 0 Å². The number of ether oxygens (including phenoxy) is 3. The molecule has 0 spiro atoms. The number of hydrogen-bond acceptors (Lipinski definition) is 5. The average molecular weight is 355 g/mol. The summed E-state index contributed by atoms with van der Waals surface area (Å²) in [4.78, 5) is 26.1. The number of rotatable bonds is 7. The standard InChI is InChI=1S/C20H21NO5/c1-24-18-9-5-6-16(13-18)21-14-15(12-19(21)22)20(23)26-11-10-25-17-7-3-2-4-8-17/h2-9,13,15H,10-12,14H2,1H3. The minimum Gasteiger partial charge on any atom is -0.497 e. The molecule has 26 heavy (non-hydrogen) atoms. The van der Waals surface area contributed by atoms with Crippen molar-refractivity contribution in [2.45, 2.75) is 6.42 Å². The van der Waals surface area contributed by atoms with Crippen molar-refractivity contribution in [1.82, 2.24) is 0 Å². The Morgan fingerprint density at radius 3 is 2.62 bits per heavy atom. The highest BCUT2D eigenvalue weighted by molar-refractivity contribution is 5.99. The summed E-state index contributed by atoms with van der Waals surface area (Å²) >= 11 is 0. The van der Waals surface area contributed by atoms with Crippen LogP contribution >= 0.6 is 0 Å². The molecule has 1 amide bonds. The maximum Gasteiger partial charge on any atom is 0.311 e. The van der Waals surface area contributed by atoms with E-state index in [4.69, 9.17) is 14.2 Å². The van der Waals surface area contributed by atoms with Crippen molar-refractivity contribution in [3.8, 4) is 11.5 Å². The highest BCUT2D eigenvalue weighted by atomic mass is 16.6. The summed E-state index contributed by atoms with van der Waals surface area (Å²) in [5.74, 6) is 0.453. The fraction of sp³-hybridized carbons (Fsp3) is 0.300. The maximum absolute atomic E-state index is 12.3. The third-order valence-electron chi connectivity index (χ3n) is 4.16. The van der Waals surface area contributed by atoms with Gasteiger partial charge in [0.25, 0.3) is 0 Å². The van der Waals surface area contributed by atoms with Gasteiger partial charge >= 0.3 is 5.97 Å². The van der Waals surface area contributed by atoms with Gasteiger partial charge in [-0.3, -0.25) is 9.59 Å². The van der Waals surface area contributed by atoms with Gasteiger partial charge in [0.2, 0.25) is 5.91 Å². The van der Waals surface area contributed by atoms with Crippen molar-refractivity contribution in [3.05, 3.63) is 54.6 Å². The van der Waals surface area contributed by atoms with E-state index < -0.39 is 5.92 Å². The van der Waals surface area contributed by atoms with Crippen LogP contribution in [0.5, 0.6) is 11.5 Å². The van der Waals surface area contributed by atoms with E-state index in [1.54, 1.807) is 18.1 Å². The number of nitrogens with zero attached hydrogens (tertiary/aromatic N) is 1. The number of para-hydroxylation sites is 1. The number of methoxy groups -OCH3 is 1. The molecule has 1 aliphatic rings. The lowest BCUT2D eigenvalue weighted by Crippen LogP contribution is -2.27. The summed E-state index contributed by atoms with van der Waals surface area (Å²) in [6, 6.07) is 16.5. The molecule has 2 aromatic rings. The van der Waals surface area contributed by atoms with Gasteiger partial charge < -0.3 is 19.1 Å². The minimum atomic E-state index is -0.467. The third kappa shape index (κ3) is 4.33. The Kier molecular flexibility index (Phi) is 5.73. The number of anilines is 1. The van der Waals surface area contributed by atoms with E-state index in [1.807, 2.05) is 48.5 Å². The predicted octanol–water partition coefficient (Wildman–Crippen LogP) is 2.67. The van der Waals surface area contributed by atoms with Crippen molar-refractivity contribution < 1.29 is 23.8 Å². The molecule has 136 valence electrons. The Balaban J connectivity index is 1.49. The zero-order valence-electron chi connectivity index (χ0n) is 14.6. The summed E-state index contributed by atoms with van der Waals surface area (Å²) in [6.45, 7) is 0.734. The van der Waals surface area contributed by atoms with E-state index in [-0.39, 0.29) is 31.5 Å². The molecule has 2 aromatic carbocycles. The van der Waals surface area contributed by atoms with Crippen molar-refractivity contribution in [2.75, 3.05) is 31.8 Å². The predicted molar refractivity (Wildman–Crippen MR) is 96.4 cm³/mol. The Morgan fingerprint density at radius 2 is 1.85 bits per heavy atom. The molecule has 0 aliphatic carbocycles. The topological polar surface area (TPSA) is 65.1 Å². The van der Waals surface area contributed by atoms with Crippen molar-refractivity contribution in [3.63, 3.8) is 0 Å². The molecule has 6 heteroatoms. The van der Waals surface area contributed by atoms with Crippen LogP contribution in [0.15, 0.2) is 54.6 Å². The molecule has 3 rings (SSSR count). The zero-order valence-corrected chi connectivity index (χ0v) is 14.6. The average Bonchev–Trinajstić information content (AvgIpc) is 3.08. The van der Waals surface area contributed by atoms with Crippen LogP contribution in [0.1, 0.15) is 6.42 Å². The molecular weight excluding hydrogens is 334 g/mol. The molecule has 0 saturated carbocycles. The minimum absolute atomic E-state index is 0.0965. The Labute approximate surface area is 152 Å². The molecule has 0 aromatic heterocycles. The molecule has 1 unspecified atom stereocenters. The van der Waals surface area contributed by atoms with Crippen LogP contribution in [0.2, 0.25) is 0 Å². The molecule has 0 radical (unpaired) electrons. The largest absolute Gasteiger partial charge is 0.497 e. The first-order valence-electron chi connectivity index (χ1n) is 8.46. The molecule has 6 nitrogen and oxygen atoms in total. The number of hydrogen-bond donors (Lipinski definition) is 0. The fourth-order valence-electron chi connectivity index (χ4n) is 2.83. The maximum atomic E-state index is 12.3. The highest BCUT2D eigenvalue weighted by Gasteiger charge is 2.36. The van der Waals surface area contributed by atoms with Gasteiger partial charge in [0.1, 0.15) is 24.7 Å². The lowest BCUT2D eigenvalue weighted by molar-refractivity contribution is -0.149. The van der Waals surface area contributed by atoms with E-state index in [1.165, 1.54) is 0 Å². The smallest absolute Gasteiger partial charge is 0.311 e. The number of carbonyl (C=O) groups excluding carboxylic acids is 2. The molecule has 1 heterocycles. The number of amides is 1. The zero-order chi connectivity index (χ0) is 18.4. The van der Waals surface area contributed by atoms with E-state index in [2.05, 4.69) is 0 Å². The third-order valence-corrected chi connectivity index (χ3v) is 4.16. The first-order valence-corrected chi connectivity index (χ1v) is 8.46. The fourth-order valence-corrected chi connectivity index (χ4v) is 2.83. The van der Waals surface area contributed by atoms with Gasteiger partial charge in [0, 0.05) is 24.7 Å². The van der Waals surface area contributed by atoms with E-state index >= 15 is 0 Å². The van der Waals surface area contributed by atoms with Crippen molar-refractivity contribution in [2.24, 2.45) is 5.92 Å². The molecule has 0 bridgehead atoms. The summed E-state index contributed by atoms with van der Waals surface area (Å²) in [5, 5.41) is 0. The van der Waals surface area contributed by atoms with Gasteiger partial charge in [-0.05, 0) is 24.3 Å². The van der Waals surface area contributed by atoms with Crippen molar-refractivity contribution in [1.29, 1.82) is 0 Å². The van der Waals surface area contributed by atoms with Crippen LogP contribution in [0.4, 0.5) is 5.69 Å². The second kappa shape index (κ2) is 8.38. The second-order valence-corrected chi connectivity index (χ2v) is 5.94. The normalized spacial score (nSPS) is 16.4. The molecule has 1 fully saturated rings. The van der Waals surface area contributed by atoms with Crippen molar-refractivity contribution >= 4 is 17.6 Å². The summed E-state index contributed by atoms with van der Waals surface area (Å²) in [5.41, 5.74) is 0.720. The van der Waals surface area contributed by atoms with Crippen LogP contribution < -0.4 is 14.4 Å². The second-order valence-electron chi connectivity index (χ2n) is 5.94. The lowest BCUT2D eigenvalue weighted by Gasteiger charge is -2.17. The number of benzene rings is 2. The van der Waals surface area contributed by atoms with Gasteiger partial charge in [-0.25, -0.2) is 0 Å². The Bertz CT molecular complexity index is 762. The lowest BCUT2D eigenvalue weighted by atomic mass is 10.1. The molecule has 1 aliphatic heterocycles. The molecule has 1 saturated heterocycles.